The molecule has 0 radical (unpaired) electrons. The maximum Gasteiger partial charge on any atom is 0.228 e. The zero-order valence-corrected chi connectivity index (χ0v) is 9.58. The molecule has 1 aromatic rings. The number of halogens is 1. The Labute approximate surface area is 102 Å². The van der Waals surface area contributed by atoms with Gasteiger partial charge in [0.1, 0.15) is 17.3 Å². The minimum atomic E-state index is -0.0436. The Morgan fingerprint density at radius 2 is 2.47 bits per heavy atom. The van der Waals surface area contributed by atoms with Gasteiger partial charge in [0.25, 0.3) is 0 Å². The van der Waals surface area contributed by atoms with Crippen molar-refractivity contribution in [2.45, 2.75) is 6.42 Å². The summed E-state index contributed by atoms with van der Waals surface area (Å²) in [5, 5.41) is 3.77. The maximum absolute atomic E-state index is 11.7. The van der Waals surface area contributed by atoms with Crippen molar-refractivity contribution in [1.82, 2.24) is 9.97 Å². The number of azide groups is 1. The van der Waals surface area contributed by atoms with E-state index in [4.69, 9.17) is 17.1 Å². The van der Waals surface area contributed by atoms with Gasteiger partial charge in [-0.15, -0.1) is 0 Å². The predicted octanol–water partition coefficient (Wildman–Crippen LogP) is 1.79. The number of hydrogen-bond donors (Lipinski definition) is 0. The van der Waals surface area contributed by atoms with Gasteiger partial charge >= 0.3 is 0 Å². The normalized spacial score (nSPS) is 19.2. The van der Waals surface area contributed by atoms with Crippen LogP contribution in [0, 0.1) is 5.92 Å². The summed E-state index contributed by atoms with van der Waals surface area (Å²) in [7, 11) is 0. The van der Waals surface area contributed by atoms with Gasteiger partial charge < -0.3 is 0 Å². The largest absolute Gasteiger partial charge is 0.296 e. The van der Waals surface area contributed by atoms with E-state index in [0.29, 0.717) is 30.5 Å². The van der Waals surface area contributed by atoms with Crippen molar-refractivity contribution >= 4 is 23.3 Å². The molecule has 1 aromatic heterocycles. The maximum atomic E-state index is 11.7. The molecule has 1 aliphatic heterocycles. The molecule has 0 N–H and O–H groups in total. The molecule has 17 heavy (non-hydrogen) atoms. The molecule has 7 nitrogen and oxygen atoms in total. The first kappa shape index (κ1) is 11.6. The zero-order chi connectivity index (χ0) is 12.3. The molecule has 0 aromatic carbocycles. The van der Waals surface area contributed by atoms with Gasteiger partial charge in [-0.25, -0.2) is 9.97 Å². The van der Waals surface area contributed by atoms with E-state index in [-0.39, 0.29) is 11.8 Å². The van der Waals surface area contributed by atoms with E-state index in [0.717, 1.165) is 0 Å². The summed E-state index contributed by atoms with van der Waals surface area (Å²) in [6, 6.07) is 1.54. The summed E-state index contributed by atoms with van der Waals surface area (Å²) in [4.78, 5) is 23.7. The van der Waals surface area contributed by atoms with Gasteiger partial charge in [0.15, 0.2) is 0 Å². The fourth-order valence-corrected chi connectivity index (χ4v) is 1.89. The van der Waals surface area contributed by atoms with Crippen molar-refractivity contribution in [2.24, 2.45) is 11.0 Å². The predicted molar refractivity (Wildman–Crippen MR) is 61.5 cm³/mol. The first-order valence-corrected chi connectivity index (χ1v) is 5.37. The monoisotopic (exact) mass is 252 g/mol. The van der Waals surface area contributed by atoms with Crippen LogP contribution in [0.25, 0.3) is 10.4 Å². The third kappa shape index (κ3) is 2.64. The molecule has 0 spiro atoms. The van der Waals surface area contributed by atoms with Crippen LogP contribution in [0.15, 0.2) is 17.5 Å². The Morgan fingerprint density at radius 1 is 1.65 bits per heavy atom. The topological polar surface area (TPSA) is 94.9 Å². The van der Waals surface area contributed by atoms with Crippen LogP contribution in [0.2, 0.25) is 5.15 Å². The fourth-order valence-electron chi connectivity index (χ4n) is 1.75. The first-order valence-electron chi connectivity index (χ1n) is 4.99. The number of nitrogens with zero attached hydrogens (tertiary/aromatic N) is 6. The van der Waals surface area contributed by atoms with Crippen LogP contribution in [-0.4, -0.2) is 29.0 Å². The molecule has 0 saturated carbocycles. The second-order valence-corrected chi connectivity index (χ2v) is 4.07. The minimum Gasteiger partial charge on any atom is -0.296 e. The summed E-state index contributed by atoms with van der Waals surface area (Å²) in [6.45, 7) is 0.808. The van der Waals surface area contributed by atoms with E-state index >= 15 is 0 Å². The highest BCUT2D eigenvalue weighted by Gasteiger charge is 2.30. The molecule has 0 bridgehead atoms. The van der Waals surface area contributed by atoms with Crippen molar-refractivity contribution < 1.29 is 4.79 Å². The lowest BCUT2D eigenvalue weighted by Crippen LogP contribution is -2.25. The van der Waals surface area contributed by atoms with E-state index in [2.05, 4.69) is 20.0 Å². The molecule has 88 valence electrons. The number of hydrogen-bond acceptors (Lipinski definition) is 4. The molecule has 1 saturated heterocycles. The Bertz CT molecular complexity index is 486. The zero-order valence-electron chi connectivity index (χ0n) is 8.82. The van der Waals surface area contributed by atoms with E-state index in [1.165, 1.54) is 17.3 Å². The quantitative estimate of drug-likeness (QED) is 0.355. The van der Waals surface area contributed by atoms with Crippen molar-refractivity contribution in [1.29, 1.82) is 0 Å². The van der Waals surface area contributed by atoms with Gasteiger partial charge in [-0.3, -0.25) is 9.69 Å². The Balaban J connectivity index is 2.12. The van der Waals surface area contributed by atoms with Gasteiger partial charge in [0.05, 0.1) is 0 Å². The number of amides is 1. The highest BCUT2D eigenvalue weighted by molar-refractivity contribution is 6.29. The molecule has 1 atom stereocenters. The molecule has 8 heteroatoms. The minimum absolute atomic E-state index is 0.0344. The van der Waals surface area contributed by atoms with Crippen LogP contribution in [-0.2, 0) is 4.79 Å². The molecule has 1 fully saturated rings. The van der Waals surface area contributed by atoms with Crippen molar-refractivity contribution in [3.63, 3.8) is 0 Å². The lowest BCUT2D eigenvalue weighted by molar-refractivity contribution is -0.117. The summed E-state index contributed by atoms with van der Waals surface area (Å²) >= 11 is 5.74. The molecule has 1 amide bonds. The van der Waals surface area contributed by atoms with E-state index in [9.17, 15) is 4.79 Å². The first-order chi connectivity index (χ1) is 8.20. The van der Waals surface area contributed by atoms with Crippen LogP contribution >= 0.6 is 11.6 Å². The van der Waals surface area contributed by atoms with Crippen LogP contribution in [0.4, 0.5) is 5.82 Å². The van der Waals surface area contributed by atoms with Gasteiger partial charge in [0, 0.05) is 30.5 Å². The molecule has 0 aliphatic carbocycles. The summed E-state index contributed by atoms with van der Waals surface area (Å²) in [5.41, 5.74) is 8.23. The van der Waals surface area contributed by atoms with Gasteiger partial charge in [-0.1, -0.05) is 16.7 Å². The third-order valence-corrected chi connectivity index (χ3v) is 2.71. The van der Waals surface area contributed by atoms with Crippen molar-refractivity contribution in [2.75, 3.05) is 18.0 Å². The van der Waals surface area contributed by atoms with Gasteiger partial charge in [-0.05, 0) is 11.4 Å². The molecule has 1 unspecified atom stereocenters. The van der Waals surface area contributed by atoms with Crippen molar-refractivity contribution in [3.05, 3.63) is 28.0 Å². The van der Waals surface area contributed by atoms with Gasteiger partial charge in [0.2, 0.25) is 5.91 Å². The average molecular weight is 253 g/mol. The van der Waals surface area contributed by atoms with E-state index in [1.54, 1.807) is 0 Å². The number of carbonyl (C=O) groups is 1. The van der Waals surface area contributed by atoms with E-state index in [1.807, 2.05) is 0 Å². The highest BCUT2D eigenvalue weighted by Crippen LogP contribution is 2.24. The van der Waals surface area contributed by atoms with Crippen LogP contribution in [0.5, 0.6) is 0 Å². The highest BCUT2D eigenvalue weighted by atomic mass is 35.5. The summed E-state index contributed by atoms with van der Waals surface area (Å²) in [6.07, 6.45) is 1.67. The standard InChI is InChI=1S/C9H9ClN6O/c10-7-2-8(13-5-12-7)16-4-6(1-9(16)17)3-14-15-11/h2,5-6H,1,3-4H2. The molecule has 1 aliphatic rings. The lowest BCUT2D eigenvalue weighted by Gasteiger charge is -2.14. The number of rotatable bonds is 3. The Kier molecular flexibility index (Phi) is 3.41. The lowest BCUT2D eigenvalue weighted by atomic mass is 10.1. The van der Waals surface area contributed by atoms with Crippen molar-refractivity contribution in [3.8, 4) is 0 Å². The SMILES string of the molecule is [N-]=[N+]=NCC1CC(=O)N(c2cc(Cl)ncn2)C1. The number of aromatic nitrogens is 2. The Hall–Kier alpha value is -1.85. The second kappa shape index (κ2) is 4.99. The molecular formula is C9H9ClN6O. The summed E-state index contributed by atoms with van der Waals surface area (Å²) < 4.78 is 0. The smallest absolute Gasteiger partial charge is 0.228 e. The molecule has 2 rings (SSSR count). The molecular weight excluding hydrogens is 244 g/mol. The van der Waals surface area contributed by atoms with Gasteiger partial charge in [-0.2, -0.15) is 0 Å². The number of anilines is 1. The fraction of sp³-hybridized carbons (Fsp3) is 0.444. The van der Waals surface area contributed by atoms with Crippen LogP contribution < -0.4 is 4.90 Å². The van der Waals surface area contributed by atoms with Crippen LogP contribution in [0.1, 0.15) is 6.42 Å². The second-order valence-electron chi connectivity index (χ2n) is 3.69. The number of carbonyl (C=O) groups excluding carboxylic acids is 1. The third-order valence-electron chi connectivity index (χ3n) is 2.50. The summed E-state index contributed by atoms with van der Waals surface area (Å²) in [5.74, 6) is 0.475. The van der Waals surface area contributed by atoms with E-state index < -0.39 is 0 Å². The van der Waals surface area contributed by atoms with Crippen LogP contribution in [0.3, 0.4) is 0 Å². The Morgan fingerprint density at radius 3 is 3.18 bits per heavy atom. The molecule has 2 heterocycles. The average Bonchev–Trinajstić information content (AvgIpc) is 2.68.